The van der Waals surface area contributed by atoms with Crippen LogP contribution >= 0.6 is 15.9 Å². The number of aliphatic hydroxyl groups is 2. The molecule has 0 aliphatic heterocycles. The van der Waals surface area contributed by atoms with Crippen molar-refractivity contribution in [1.29, 1.82) is 0 Å². The molecule has 0 saturated heterocycles. The zero-order valence-corrected chi connectivity index (χ0v) is 9.95. The molecule has 0 radical (unpaired) electrons. The first-order valence-electron chi connectivity index (χ1n) is 4.43. The minimum Gasteiger partial charge on any atom is -0.396 e. The predicted octanol–water partition coefficient (Wildman–Crippen LogP) is 0.581. The molecular weight excluding hydrogens is 262 g/mol. The minimum atomic E-state index is -1.18. The van der Waals surface area contributed by atoms with Crippen LogP contribution in [0.3, 0.4) is 0 Å². The van der Waals surface area contributed by atoms with Crippen molar-refractivity contribution in [1.82, 2.24) is 4.98 Å². The summed E-state index contributed by atoms with van der Waals surface area (Å²) in [5.74, 6) is 0.493. The molecule has 0 aliphatic carbocycles. The van der Waals surface area contributed by atoms with Gasteiger partial charge in [0.1, 0.15) is 11.4 Å². The van der Waals surface area contributed by atoms with E-state index in [1.165, 1.54) is 6.92 Å². The Morgan fingerprint density at radius 1 is 1.67 bits per heavy atom. The number of nitrogen functional groups attached to an aromatic ring is 1. The van der Waals surface area contributed by atoms with Gasteiger partial charge < -0.3 is 21.3 Å². The maximum Gasteiger partial charge on any atom is 0.149 e. The summed E-state index contributed by atoms with van der Waals surface area (Å²) in [6.07, 6.45) is 1.60. The third-order valence-electron chi connectivity index (χ3n) is 1.86. The molecular formula is C9H14BrN3O2. The van der Waals surface area contributed by atoms with E-state index in [9.17, 15) is 5.11 Å². The number of anilines is 2. The predicted molar refractivity (Wildman–Crippen MR) is 62.5 cm³/mol. The third kappa shape index (κ3) is 3.65. The Balaban J connectivity index is 2.66. The van der Waals surface area contributed by atoms with Gasteiger partial charge in [-0.05, 0) is 28.9 Å². The molecule has 0 fully saturated rings. The van der Waals surface area contributed by atoms with Gasteiger partial charge in [-0.15, -0.1) is 0 Å². The Bertz CT molecular complexity index is 344. The Labute approximate surface area is 96.5 Å². The summed E-state index contributed by atoms with van der Waals surface area (Å²) in [6.45, 7) is 1.38. The van der Waals surface area contributed by atoms with Gasteiger partial charge in [0.05, 0.1) is 12.3 Å². The summed E-state index contributed by atoms with van der Waals surface area (Å²) < 4.78 is 0.791. The molecule has 1 unspecified atom stereocenters. The van der Waals surface area contributed by atoms with E-state index in [4.69, 9.17) is 10.8 Å². The lowest BCUT2D eigenvalue weighted by Crippen LogP contribution is -2.37. The topological polar surface area (TPSA) is 91.4 Å². The van der Waals surface area contributed by atoms with Gasteiger partial charge in [-0.3, -0.25) is 0 Å². The molecule has 0 spiro atoms. The molecule has 0 bridgehead atoms. The maximum absolute atomic E-state index is 9.54. The molecule has 0 amide bonds. The normalized spacial score (nSPS) is 14.7. The summed E-state index contributed by atoms with van der Waals surface area (Å²) in [6, 6.07) is 1.71. The van der Waals surface area contributed by atoms with Gasteiger partial charge in [-0.25, -0.2) is 4.98 Å². The first-order chi connectivity index (χ1) is 6.94. The Morgan fingerprint density at radius 2 is 2.33 bits per heavy atom. The fourth-order valence-electron chi connectivity index (χ4n) is 0.933. The highest BCUT2D eigenvalue weighted by Gasteiger charge is 2.18. The smallest absolute Gasteiger partial charge is 0.149 e. The van der Waals surface area contributed by atoms with Crippen LogP contribution in [0.15, 0.2) is 16.7 Å². The van der Waals surface area contributed by atoms with E-state index < -0.39 is 5.60 Å². The molecule has 15 heavy (non-hydrogen) atoms. The van der Waals surface area contributed by atoms with Gasteiger partial charge >= 0.3 is 0 Å². The number of hydrogen-bond acceptors (Lipinski definition) is 5. The largest absolute Gasteiger partial charge is 0.396 e. The zero-order valence-electron chi connectivity index (χ0n) is 8.37. The summed E-state index contributed by atoms with van der Waals surface area (Å²) in [7, 11) is 0. The van der Waals surface area contributed by atoms with Crippen molar-refractivity contribution in [2.75, 3.05) is 24.2 Å². The van der Waals surface area contributed by atoms with Crippen LogP contribution in [0.4, 0.5) is 11.5 Å². The number of aliphatic hydroxyl groups excluding tert-OH is 1. The number of hydrogen-bond donors (Lipinski definition) is 4. The van der Waals surface area contributed by atoms with Crippen molar-refractivity contribution in [2.45, 2.75) is 12.5 Å². The van der Waals surface area contributed by atoms with Crippen molar-refractivity contribution in [2.24, 2.45) is 0 Å². The minimum absolute atomic E-state index is 0.183. The molecule has 1 atom stereocenters. The van der Waals surface area contributed by atoms with Crippen LogP contribution in [-0.2, 0) is 0 Å². The number of nitrogens with one attached hydrogen (secondary N) is 1. The van der Waals surface area contributed by atoms with Crippen LogP contribution in [-0.4, -0.2) is 33.9 Å². The van der Waals surface area contributed by atoms with E-state index in [2.05, 4.69) is 26.2 Å². The van der Waals surface area contributed by atoms with Crippen molar-refractivity contribution in [3.05, 3.63) is 16.7 Å². The monoisotopic (exact) mass is 275 g/mol. The number of nitrogens with two attached hydrogens (primary N) is 1. The van der Waals surface area contributed by atoms with Crippen molar-refractivity contribution in [3.8, 4) is 0 Å². The molecule has 1 aromatic heterocycles. The quantitative estimate of drug-likeness (QED) is 0.645. The number of halogens is 1. The van der Waals surface area contributed by atoms with E-state index in [1.807, 2.05) is 0 Å². The summed E-state index contributed by atoms with van der Waals surface area (Å²) in [5.41, 5.74) is 5.00. The first kappa shape index (κ1) is 12.2. The lowest BCUT2D eigenvalue weighted by molar-refractivity contribution is 0.0132. The SMILES string of the molecule is CC(O)(CO)CNc1ncc(Br)cc1N. The summed E-state index contributed by atoms with van der Waals surface area (Å²) in [4.78, 5) is 4.04. The van der Waals surface area contributed by atoms with Gasteiger partial charge in [-0.2, -0.15) is 0 Å². The second-order valence-electron chi connectivity index (χ2n) is 3.60. The molecule has 6 heteroatoms. The highest BCUT2D eigenvalue weighted by molar-refractivity contribution is 9.10. The number of pyridine rings is 1. The zero-order chi connectivity index (χ0) is 11.5. The van der Waals surface area contributed by atoms with Gasteiger partial charge in [0.25, 0.3) is 0 Å². The van der Waals surface area contributed by atoms with Crippen LogP contribution in [0.2, 0.25) is 0 Å². The second-order valence-corrected chi connectivity index (χ2v) is 4.52. The summed E-state index contributed by atoms with van der Waals surface area (Å²) >= 11 is 3.24. The Morgan fingerprint density at radius 3 is 2.87 bits per heavy atom. The standard InChI is InChI=1S/C9H14BrN3O2/c1-9(15,5-14)4-13-8-7(11)2-6(10)3-12-8/h2-3,14-15H,4-5,11H2,1H3,(H,12,13). The highest BCUT2D eigenvalue weighted by atomic mass is 79.9. The number of nitrogens with zero attached hydrogens (tertiary/aromatic N) is 1. The molecule has 5 N–H and O–H groups in total. The summed E-state index contributed by atoms with van der Waals surface area (Å²) in [5, 5.41) is 21.2. The molecule has 1 aromatic rings. The van der Waals surface area contributed by atoms with Crippen LogP contribution in [0.5, 0.6) is 0 Å². The van der Waals surface area contributed by atoms with E-state index in [0.717, 1.165) is 4.47 Å². The molecule has 1 heterocycles. The van der Waals surface area contributed by atoms with Crippen LogP contribution in [0.1, 0.15) is 6.92 Å². The van der Waals surface area contributed by atoms with Gasteiger partial charge in [0.2, 0.25) is 0 Å². The maximum atomic E-state index is 9.54. The first-order valence-corrected chi connectivity index (χ1v) is 5.22. The number of rotatable bonds is 4. The van der Waals surface area contributed by atoms with Crippen LogP contribution in [0.25, 0.3) is 0 Å². The third-order valence-corrected chi connectivity index (χ3v) is 2.29. The average Bonchev–Trinajstić information content (AvgIpc) is 2.16. The van der Waals surface area contributed by atoms with Crippen LogP contribution < -0.4 is 11.1 Å². The van der Waals surface area contributed by atoms with Crippen molar-refractivity contribution >= 4 is 27.4 Å². The molecule has 1 rings (SSSR count). The fourth-order valence-corrected chi connectivity index (χ4v) is 1.28. The van der Waals surface area contributed by atoms with Gasteiger partial charge in [0, 0.05) is 17.2 Å². The number of aromatic nitrogens is 1. The van der Waals surface area contributed by atoms with E-state index >= 15 is 0 Å². The molecule has 84 valence electrons. The molecule has 5 nitrogen and oxygen atoms in total. The molecule has 0 aromatic carbocycles. The van der Waals surface area contributed by atoms with E-state index in [-0.39, 0.29) is 13.2 Å². The van der Waals surface area contributed by atoms with Gasteiger partial charge in [0.15, 0.2) is 0 Å². The van der Waals surface area contributed by atoms with E-state index in [1.54, 1.807) is 12.3 Å². The average molecular weight is 276 g/mol. The lowest BCUT2D eigenvalue weighted by Gasteiger charge is -2.21. The highest BCUT2D eigenvalue weighted by Crippen LogP contribution is 2.20. The second kappa shape index (κ2) is 4.78. The van der Waals surface area contributed by atoms with E-state index in [0.29, 0.717) is 11.5 Å². The molecule has 0 saturated carbocycles. The Hall–Kier alpha value is -0.850. The van der Waals surface area contributed by atoms with Crippen molar-refractivity contribution < 1.29 is 10.2 Å². The lowest BCUT2D eigenvalue weighted by atomic mass is 10.1. The fraction of sp³-hybridized carbons (Fsp3) is 0.444. The van der Waals surface area contributed by atoms with Gasteiger partial charge in [-0.1, -0.05) is 0 Å². The Kier molecular flexibility index (Phi) is 3.90. The van der Waals surface area contributed by atoms with Crippen LogP contribution in [0, 0.1) is 0 Å². The van der Waals surface area contributed by atoms with Crippen molar-refractivity contribution in [3.63, 3.8) is 0 Å². The molecule has 0 aliphatic rings.